The molecule has 3 heterocycles. The number of hydrogen-bond donors (Lipinski definition) is 1. The Bertz CT molecular complexity index is 1310. The second-order valence-corrected chi connectivity index (χ2v) is 7.75. The molecule has 0 spiro atoms. The van der Waals surface area contributed by atoms with Crippen LogP contribution in [0, 0.1) is 6.92 Å². The maximum atomic E-state index is 12.5. The van der Waals surface area contributed by atoms with Crippen molar-refractivity contribution in [2.45, 2.75) is 13.3 Å². The van der Waals surface area contributed by atoms with Crippen LogP contribution in [0.15, 0.2) is 60.8 Å². The molecule has 0 saturated carbocycles. The zero-order valence-electron chi connectivity index (χ0n) is 15.5. The minimum absolute atomic E-state index is 0.0883. The van der Waals surface area contributed by atoms with Crippen LogP contribution in [0.1, 0.15) is 26.9 Å². The Hall–Kier alpha value is -3.65. The molecule has 8 heteroatoms. The normalized spacial score (nSPS) is 11.2. The quantitative estimate of drug-likeness (QED) is 0.495. The summed E-state index contributed by atoms with van der Waals surface area (Å²) in [5.41, 5.74) is 3.71. The van der Waals surface area contributed by atoms with E-state index in [-0.39, 0.29) is 11.7 Å². The number of hydrogen-bond acceptors (Lipinski definition) is 6. The fourth-order valence-corrected chi connectivity index (χ4v) is 4.07. The fourth-order valence-electron chi connectivity index (χ4n) is 3.07. The zero-order chi connectivity index (χ0) is 19.8. The molecule has 0 radical (unpaired) electrons. The van der Waals surface area contributed by atoms with E-state index in [1.165, 1.54) is 4.70 Å². The lowest BCUT2D eigenvalue weighted by molar-refractivity contribution is 0.101. The van der Waals surface area contributed by atoms with E-state index < -0.39 is 0 Å². The summed E-state index contributed by atoms with van der Waals surface area (Å²) >= 11 is 1.70. The molecule has 0 unspecified atom stereocenters. The smallest absolute Gasteiger partial charge is 0.295 e. The number of carbonyl (C=O) groups is 1. The third-order valence-corrected chi connectivity index (χ3v) is 5.57. The zero-order valence-corrected chi connectivity index (χ0v) is 16.3. The molecule has 3 aromatic heterocycles. The van der Waals surface area contributed by atoms with Crippen LogP contribution in [0.25, 0.3) is 16.0 Å². The average Bonchev–Trinajstić information content (AvgIpc) is 3.34. The number of aromatic nitrogens is 5. The van der Waals surface area contributed by atoms with E-state index >= 15 is 0 Å². The highest BCUT2D eigenvalue weighted by Crippen LogP contribution is 2.24. The van der Waals surface area contributed by atoms with Crippen LogP contribution in [-0.4, -0.2) is 30.5 Å². The molecule has 0 aliphatic carbocycles. The molecule has 0 fully saturated rings. The Balaban J connectivity index is 1.30. The van der Waals surface area contributed by atoms with E-state index in [4.69, 9.17) is 0 Å². The van der Waals surface area contributed by atoms with Gasteiger partial charge in [0.2, 0.25) is 5.82 Å². The fraction of sp³-hybridized carbons (Fsp3) is 0.0952. The lowest BCUT2D eigenvalue weighted by atomic mass is 10.1. The summed E-state index contributed by atoms with van der Waals surface area (Å²) in [4.78, 5) is 25.5. The molecule has 0 saturated heterocycles. The number of thiazole rings is 1. The number of rotatable bonds is 4. The van der Waals surface area contributed by atoms with Crippen molar-refractivity contribution in [2.75, 3.05) is 5.32 Å². The van der Waals surface area contributed by atoms with Crippen molar-refractivity contribution in [3.05, 3.63) is 82.9 Å². The molecule has 0 bridgehead atoms. The first-order chi connectivity index (χ1) is 14.2. The highest BCUT2D eigenvalue weighted by Gasteiger charge is 2.14. The predicted molar refractivity (Wildman–Crippen MR) is 112 cm³/mol. The van der Waals surface area contributed by atoms with Crippen LogP contribution in [0.3, 0.4) is 0 Å². The standard InChI is InChI=1S/C21H16N6OS/c1-13-10-11-22-21-25-19(26-27(13)21)20(28)23-15-8-6-14(7-9-15)12-18-24-16-4-2-3-5-17(16)29-18/h2-11H,12H2,1H3,(H,23,28). The van der Waals surface area contributed by atoms with Crippen molar-refractivity contribution in [3.63, 3.8) is 0 Å². The van der Waals surface area contributed by atoms with E-state index in [9.17, 15) is 4.79 Å². The van der Waals surface area contributed by atoms with Crippen LogP contribution >= 0.6 is 11.3 Å². The second-order valence-electron chi connectivity index (χ2n) is 6.64. The number of nitrogens with one attached hydrogen (secondary N) is 1. The molecule has 5 aromatic rings. The first-order valence-corrected chi connectivity index (χ1v) is 9.90. The molecule has 142 valence electrons. The van der Waals surface area contributed by atoms with Gasteiger partial charge in [0.25, 0.3) is 11.7 Å². The van der Waals surface area contributed by atoms with Crippen LogP contribution in [0.4, 0.5) is 5.69 Å². The molecule has 1 amide bonds. The summed E-state index contributed by atoms with van der Waals surface area (Å²) in [6, 6.07) is 17.7. The van der Waals surface area contributed by atoms with Crippen molar-refractivity contribution >= 4 is 38.9 Å². The SMILES string of the molecule is Cc1ccnc2nc(C(=O)Nc3ccc(Cc4nc5ccccc5s4)cc3)nn12. The lowest BCUT2D eigenvalue weighted by Crippen LogP contribution is -2.14. The van der Waals surface area contributed by atoms with Gasteiger partial charge in [-0.2, -0.15) is 4.98 Å². The number of anilines is 1. The summed E-state index contributed by atoms with van der Waals surface area (Å²) < 4.78 is 2.74. The lowest BCUT2D eigenvalue weighted by Gasteiger charge is -2.04. The van der Waals surface area contributed by atoms with Gasteiger partial charge < -0.3 is 5.32 Å². The van der Waals surface area contributed by atoms with Gasteiger partial charge >= 0.3 is 0 Å². The van der Waals surface area contributed by atoms with Crippen LogP contribution in [0.5, 0.6) is 0 Å². The molecule has 1 N–H and O–H groups in total. The van der Waals surface area contributed by atoms with Crippen molar-refractivity contribution in [2.24, 2.45) is 0 Å². The second kappa shape index (κ2) is 7.06. The summed E-state index contributed by atoms with van der Waals surface area (Å²) in [5, 5.41) is 8.13. The highest BCUT2D eigenvalue weighted by molar-refractivity contribution is 7.18. The summed E-state index contributed by atoms with van der Waals surface area (Å²) in [6.45, 7) is 1.88. The van der Waals surface area contributed by atoms with Gasteiger partial charge in [-0.05, 0) is 42.8 Å². The van der Waals surface area contributed by atoms with Gasteiger partial charge in [0.15, 0.2) is 0 Å². The number of fused-ring (bicyclic) bond motifs is 2. The number of benzene rings is 2. The Kier molecular flexibility index (Phi) is 4.25. The molecular formula is C21H16N6OS. The highest BCUT2D eigenvalue weighted by atomic mass is 32.1. The Morgan fingerprint density at radius 2 is 1.90 bits per heavy atom. The number of carbonyl (C=O) groups excluding carboxylic acids is 1. The molecule has 0 atom stereocenters. The van der Waals surface area contributed by atoms with Gasteiger partial charge in [0.1, 0.15) is 0 Å². The number of para-hydroxylation sites is 1. The summed E-state index contributed by atoms with van der Waals surface area (Å²) in [7, 11) is 0. The Labute approximate surface area is 170 Å². The van der Waals surface area contributed by atoms with Crippen molar-refractivity contribution < 1.29 is 4.79 Å². The van der Waals surface area contributed by atoms with E-state index in [0.29, 0.717) is 11.5 Å². The average molecular weight is 400 g/mol. The minimum atomic E-state index is -0.367. The first kappa shape index (κ1) is 17.4. The van der Waals surface area contributed by atoms with Gasteiger partial charge in [-0.1, -0.05) is 24.3 Å². The van der Waals surface area contributed by atoms with E-state index in [2.05, 4.69) is 31.4 Å². The molecule has 29 heavy (non-hydrogen) atoms. The van der Waals surface area contributed by atoms with Gasteiger partial charge in [-0.3, -0.25) is 4.79 Å². The molecule has 5 rings (SSSR count). The molecule has 7 nitrogen and oxygen atoms in total. The maximum absolute atomic E-state index is 12.5. The van der Waals surface area contributed by atoms with Crippen molar-refractivity contribution in [3.8, 4) is 0 Å². The maximum Gasteiger partial charge on any atom is 0.295 e. The number of aryl methyl sites for hydroxylation is 1. The van der Waals surface area contributed by atoms with Gasteiger partial charge in [0, 0.05) is 24.0 Å². The summed E-state index contributed by atoms with van der Waals surface area (Å²) in [5.74, 6) is 0.125. The number of amides is 1. The predicted octanol–water partition coefficient (Wildman–Crippen LogP) is 3.89. The monoisotopic (exact) mass is 400 g/mol. The third kappa shape index (κ3) is 3.45. The van der Waals surface area contributed by atoms with E-state index in [0.717, 1.165) is 28.2 Å². The first-order valence-electron chi connectivity index (χ1n) is 9.09. The van der Waals surface area contributed by atoms with Gasteiger partial charge in [-0.15, -0.1) is 16.4 Å². The van der Waals surface area contributed by atoms with E-state index in [1.807, 2.05) is 55.5 Å². The largest absolute Gasteiger partial charge is 0.319 e. The third-order valence-electron chi connectivity index (χ3n) is 4.54. The van der Waals surface area contributed by atoms with Crippen LogP contribution < -0.4 is 5.32 Å². The Morgan fingerprint density at radius 3 is 2.69 bits per heavy atom. The van der Waals surface area contributed by atoms with Crippen LogP contribution in [0.2, 0.25) is 0 Å². The molecule has 0 aliphatic rings. The molecular weight excluding hydrogens is 384 g/mol. The summed E-state index contributed by atoms with van der Waals surface area (Å²) in [6.07, 6.45) is 2.40. The van der Waals surface area contributed by atoms with Crippen molar-refractivity contribution in [1.82, 2.24) is 24.6 Å². The van der Waals surface area contributed by atoms with Crippen molar-refractivity contribution in [1.29, 1.82) is 0 Å². The van der Waals surface area contributed by atoms with Gasteiger partial charge in [-0.25, -0.2) is 14.5 Å². The number of nitrogens with zero attached hydrogens (tertiary/aromatic N) is 5. The van der Waals surface area contributed by atoms with Gasteiger partial charge in [0.05, 0.1) is 15.2 Å². The topological polar surface area (TPSA) is 85.1 Å². The Morgan fingerprint density at radius 1 is 1.07 bits per heavy atom. The van der Waals surface area contributed by atoms with Crippen LogP contribution in [-0.2, 0) is 6.42 Å². The van der Waals surface area contributed by atoms with E-state index in [1.54, 1.807) is 22.0 Å². The molecule has 2 aromatic carbocycles. The minimum Gasteiger partial charge on any atom is -0.319 e. The molecule has 0 aliphatic heterocycles.